The molecule has 1 saturated heterocycles. The van der Waals surface area contributed by atoms with Crippen LogP contribution in [0.5, 0.6) is 0 Å². The highest BCUT2D eigenvalue weighted by Crippen LogP contribution is 2.24. The number of hydrogen-bond donors (Lipinski definition) is 0. The van der Waals surface area contributed by atoms with E-state index in [1.165, 1.54) is 11.3 Å². The fourth-order valence-corrected chi connectivity index (χ4v) is 3.99. The van der Waals surface area contributed by atoms with Crippen LogP contribution in [0, 0.1) is 12.8 Å². The molecule has 0 atom stereocenters. The van der Waals surface area contributed by atoms with Crippen LogP contribution in [0.3, 0.4) is 0 Å². The van der Waals surface area contributed by atoms with Crippen molar-refractivity contribution in [2.75, 3.05) is 20.1 Å². The highest BCUT2D eigenvalue weighted by molar-refractivity contribution is 7.14. The predicted octanol–water partition coefficient (Wildman–Crippen LogP) is 2.91. The minimum Gasteiger partial charge on any atom is -0.306 e. The molecule has 0 aromatic carbocycles. The summed E-state index contributed by atoms with van der Waals surface area (Å²) in [6.45, 7) is 3.92. The topological polar surface area (TPSA) is 71.9 Å². The molecule has 26 heavy (non-hydrogen) atoms. The Kier molecular flexibility index (Phi) is 4.74. The molecule has 3 aromatic rings. The molecule has 4 rings (SSSR count). The first-order valence-corrected chi connectivity index (χ1v) is 9.67. The van der Waals surface area contributed by atoms with Gasteiger partial charge in [0.05, 0.1) is 5.52 Å². The summed E-state index contributed by atoms with van der Waals surface area (Å²) in [7, 11) is 2.11. The van der Waals surface area contributed by atoms with Gasteiger partial charge in [-0.15, -0.1) is 10.2 Å². The van der Waals surface area contributed by atoms with Gasteiger partial charge < -0.3 is 4.90 Å². The van der Waals surface area contributed by atoms with Crippen molar-refractivity contribution >= 4 is 28.0 Å². The second-order valence-electron chi connectivity index (χ2n) is 6.91. The lowest BCUT2D eigenvalue weighted by molar-refractivity contribution is -0.123. The van der Waals surface area contributed by atoms with E-state index in [2.05, 4.69) is 27.1 Å². The van der Waals surface area contributed by atoms with Crippen LogP contribution in [0.25, 0.3) is 21.6 Å². The Morgan fingerprint density at radius 1 is 1.27 bits per heavy atom. The van der Waals surface area contributed by atoms with Gasteiger partial charge in [0, 0.05) is 29.6 Å². The van der Waals surface area contributed by atoms with E-state index in [0.29, 0.717) is 12.2 Å². The van der Waals surface area contributed by atoms with Gasteiger partial charge in [-0.05, 0) is 58.1 Å². The summed E-state index contributed by atoms with van der Waals surface area (Å²) in [4.78, 5) is 24.0. The zero-order chi connectivity index (χ0) is 18.1. The van der Waals surface area contributed by atoms with Crippen LogP contribution >= 0.6 is 11.3 Å². The summed E-state index contributed by atoms with van der Waals surface area (Å²) in [5.41, 5.74) is 2.44. The van der Waals surface area contributed by atoms with Crippen molar-refractivity contribution in [1.29, 1.82) is 0 Å². The lowest BCUT2D eigenvalue weighted by atomic mass is 9.90. The van der Waals surface area contributed by atoms with E-state index < -0.39 is 0 Å². The number of nitrogens with zero attached hydrogens (tertiary/aromatic N) is 5. The maximum absolute atomic E-state index is 12.6. The molecule has 0 aliphatic carbocycles. The Labute approximate surface area is 156 Å². The molecule has 1 aliphatic heterocycles. The molecular weight excluding hydrogens is 346 g/mol. The van der Waals surface area contributed by atoms with Crippen LogP contribution in [0.15, 0.2) is 24.4 Å². The van der Waals surface area contributed by atoms with Crippen LogP contribution in [0.1, 0.15) is 23.5 Å². The molecule has 4 heterocycles. The van der Waals surface area contributed by atoms with E-state index in [0.717, 1.165) is 58.2 Å². The quantitative estimate of drug-likeness (QED) is 0.706. The number of rotatable bonds is 4. The van der Waals surface area contributed by atoms with Gasteiger partial charge in [0.1, 0.15) is 16.5 Å². The molecule has 1 fully saturated rings. The lowest BCUT2D eigenvalue weighted by Gasteiger charge is -2.27. The molecule has 0 amide bonds. The van der Waals surface area contributed by atoms with Gasteiger partial charge in [-0.25, -0.2) is 4.98 Å². The summed E-state index contributed by atoms with van der Waals surface area (Å²) < 4.78 is 0. The maximum Gasteiger partial charge on any atom is 0.166 e. The fraction of sp³-hybridized carbons (Fsp3) is 0.421. The molecule has 7 heteroatoms. The Hall–Kier alpha value is -2.25. The minimum atomic E-state index is 0.160. The van der Waals surface area contributed by atoms with Crippen LogP contribution in [-0.4, -0.2) is 51.0 Å². The molecule has 6 nitrogen and oxygen atoms in total. The van der Waals surface area contributed by atoms with Gasteiger partial charge in [-0.1, -0.05) is 11.3 Å². The lowest BCUT2D eigenvalue weighted by Crippen LogP contribution is -2.34. The molecule has 3 aromatic heterocycles. The number of fused-ring (bicyclic) bond motifs is 1. The van der Waals surface area contributed by atoms with Crippen molar-refractivity contribution in [2.24, 2.45) is 5.92 Å². The molecule has 0 radical (unpaired) electrons. The second kappa shape index (κ2) is 7.17. The third kappa shape index (κ3) is 3.64. The van der Waals surface area contributed by atoms with Gasteiger partial charge in [0.25, 0.3) is 0 Å². The SMILES string of the molecule is Cc1nnc(-c2ccc3cnc(CC(=O)C4CCN(C)CC4)cc3n2)s1. The fourth-order valence-electron chi connectivity index (χ4n) is 3.33. The number of hydrogen-bond acceptors (Lipinski definition) is 7. The van der Waals surface area contributed by atoms with Gasteiger partial charge >= 0.3 is 0 Å². The van der Waals surface area contributed by atoms with Gasteiger partial charge in [0.2, 0.25) is 0 Å². The average molecular weight is 367 g/mol. The minimum absolute atomic E-state index is 0.160. The first-order chi connectivity index (χ1) is 12.6. The Bertz CT molecular complexity index is 946. The number of ketones is 1. The normalized spacial score (nSPS) is 16.2. The van der Waals surface area contributed by atoms with E-state index in [1.807, 2.05) is 25.1 Å². The Morgan fingerprint density at radius 2 is 2.08 bits per heavy atom. The summed E-state index contributed by atoms with van der Waals surface area (Å²) in [5.74, 6) is 0.452. The Morgan fingerprint density at radius 3 is 2.81 bits per heavy atom. The Balaban J connectivity index is 1.55. The van der Waals surface area contributed by atoms with E-state index in [-0.39, 0.29) is 5.92 Å². The molecule has 0 spiro atoms. The molecule has 0 unspecified atom stereocenters. The summed E-state index contributed by atoms with van der Waals surface area (Å²) in [6, 6.07) is 5.86. The average Bonchev–Trinajstić information content (AvgIpc) is 3.08. The molecule has 134 valence electrons. The highest BCUT2D eigenvalue weighted by atomic mass is 32.1. The van der Waals surface area contributed by atoms with E-state index in [1.54, 1.807) is 6.20 Å². The van der Waals surface area contributed by atoms with Crippen molar-refractivity contribution in [1.82, 2.24) is 25.1 Å². The maximum atomic E-state index is 12.6. The van der Waals surface area contributed by atoms with Gasteiger partial charge in [-0.3, -0.25) is 9.78 Å². The largest absolute Gasteiger partial charge is 0.306 e. The first kappa shape index (κ1) is 17.2. The third-order valence-corrected chi connectivity index (χ3v) is 5.77. The number of carbonyl (C=O) groups excluding carboxylic acids is 1. The number of aromatic nitrogens is 4. The van der Waals surface area contributed by atoms with Crippen LogP contribution < -0.4 is 0 Å². The summed E-state index contributed by atoms with van der Waals surface area (Å²) >= 11 is 1.52. The standard InChI is InChI=1S/C19H21N5OS/c1-12-22-23-19(26-12)16-4-3-14-11-20-15(9-17(14)21-16)10-18(25)13-5-7-24(2)8-6-13/h3-4,9,11,13H,5-8,10H2,1-2H3. The van der Waals surface area contributed by atoms with Crippen molar-refractivity contribution in [3.8, 4) is 10.7 Å². The molecule has 0 bridgehead atoms. The van der Waals surface area contributed by atoms with Crippen molar-refractivity contribution in [3.63, 3.8) is 0 Å². The third-order valence-electron chi connectivity index (χ3n) is 4.90. The van der Waals surface area contributed by atoms with Gasteiger partial charge in [-0.2, -0.15) is 0 Å². The van der Waals surface area contributed by atoms with Crippen molar-refractivity contribution in [3.05, 3.63) is 35.1 Å². The number of aryl methyl sites for hydroxylation is 1. The van der Waals surface area contributed by atoms with E-state index >= 15 is 0 Å². The number of carbonyl (C=O) groups is 1. The number of Topliss-reactive ketones (excluding diaryl/α,β-unsaturated/α-hetero) is 1. The number of pyridine rings is 2. The zero-order valence-electron chi connectivity index (χ0n) is 15.0. The number of likely N-dealkylation sites (tertiary alicyclic amines) is 1. The second-order valence-corrected chi connectivity index (χ2v) is 8.09. The van der Waals surface area contributed by atoms with Crippen LogP contribution in [0.4, 0.5) is 0 Å². The molecule has 0 saturated carbocycles. The van der Waals surface area contributed by atoms with Crippen LogP contribution in [0.2, 0.25) is 0 Å². The molecular formula is C19H21N5OS. The predicted molar refractivity (Wildman–Crippen MR) is 102 cm³/mol. The van der Waals surface area contributed by atoms with E-state index in [9.17, 15) is 4.79 Å². The summed E-state index contributed by atoms with van der Waals surface area (Å²) in [6.07, 6.45) is 4.08. The van der Waals surface area contributed by atoms with Crippen LogP contribution in [-0.2, 0) is 11.2 Å². The smallest absolute Gasteiger partial charge is 0.166 e. The van der Waals surface area contributed by atoms with Crippen molar-refractivity contribution < 1.29 is 4.79 Å². The zero-order valence-corrected chi connectivity index (χ0v) is 15.8. The molecule has 0 N–H and O–H groups in total. The summed E-state index contributed by atoms with van der Waals surface area (Å²) in [5, 5.41) is 10.9. The van der Waals surface area contributed by atoms with Crippen molar-refractivity contribution in [2.45, 2.75) is 26.2 Å². The monoisotopic (exact) mass is 367 g/mol. The molecule has 1 aliphatic rings. The van der Waals surface area contributed by atoms with Gasteiger partial charge in [0.15, 0.2) is 5.01 Å². The highest BCUT2D eigenvalue weighted by Gasteiger charge is 2.23. The first-order valence-electron chi connectivity index (χ1n) is 8.86. The number of piperidine rings is 1. The van der Waals surface area contributed by atoms with E-state index in [4.69, 9.17) is 4.98 Å².